The summed E-state index contributed by atoms with van der Waals surface area (Å²) < 4.78 is 30.9. The molecule has 190 valence electrons. The number of aromatic amines is 1. The monoisotopic (exact) mass is 507 g/mol. The lowest BCUT2D eigenvalue weighted by atomic mass is 9.67. The van der Waals surface area contributed by atoms with Crippen LogP contribution < -0.4 is 0 Å². The van der Waals surface area contributed by atoms with Gasteiger partial charge >= 0.3 is 0 Å². The zero-order chi connectivity index (χ0) is 26.9. The van der Waals surface area contributed by atoms with Crippen LogP contribution in [-0.4, -0.2) is 27.1 Å². The molecule has 38 heavy (non-hydrogen) atoms. The third kappa shape index (κ3) is 5.07. The number of nitrogens with one attached hydrogen (secondary N) is 1. The standard InChI is InChI=1S/C31H27F2N5/c1-31(2,33)28(24-13-25(15-26(32)14-24)30-36-10-11-37-30)27-19-38(18-22-5-3-4-21(12-22)17-35)29(27)23-8-6-20(16-34)7-9-23/h3-15,27-29H,18-19H2,1-2H3,(H,36,37)/t27-,28-,29-/m1/s1. The van der Waals surface area contributed by atoms with Gasteiger partial charge in [0, 0.05) is 48.9 Å². The number of rotatable bonds is 7. The number of aromatic nitrogens is 2. The smallest absolute Gasteiger partial charge is 0.137 e. The summed E-state index contributed by atoms with van der Waals surface area (Å²) in [5, 5.41) is 18.6. The SMILES string of the molecule is CC(C)(F)[C@H](c1cc(F)cc(-c2ncc[nH]2)c1)[C@H]1CN(Cc2cccc(C#N)c2)[C@@H]1c1ccc(C#N)cc1. The Morgan fingerprint density at radius 2 is 1.82 bits per heavy atom. The Morgan fingerprint density at radius 3 is 2.47 bits per heavy atom. The summed E-state index contributed by atoms with van der Waals surface area (Å²) in [4.78, 5) is 9.49. The van der Waals surface area contributed by atoms with Crippen molar-refractivity contribution in [2.45, 2.75) is 38.0 Å². The molecule has 3 atom stereocenters. The molecule has 5 nitrogen and oxygen atoms in total. The predicted molar refractivity (Wildman–Crippen MR) is 141 cm³/mol. The average Bonchev–Trinajstić information content (AvgIpc) is 3.43. The van der Waals surface area contributed by atoms with Gasteiger partial charge in [0.1, 0.15) is 17.3 Å². The second-order valence-corrected chi connectivity index (χ2v) is 10.3. The number of hydrogen-bond acceptors (Lipinski definition) is 4. The lowest BCUT2D eigenvalue weighted by Crippen LogP contribution is -2.54. The highest BCUT2D eigenvalue weighted by Crippen LogP contribution is 2.52. The van der Waals surface area contributed by atoms with Crippen LogP contribution >= 0.6 is 0 Å². The first-order valence-electron chi connectivity index (χ1n) is 12.5. The minimum absolute atomic E-state index is 0.159. The third-order valence-electron chi connectivity index (χ3n) is 7.29. The van der Waals surface area contributed by atoms with Gasteiger partial charge in [-0.3, -0.25) is 4.90 Å². The highest BCUT2D eigenvalue weighted by atomic mass is 19.1. The van der Waals surface area contributed by atoms with Crippen LogP contribution in [0.2, 0.25) is 0 Å². The van der Waals surface area contributed by atoms with Gasteiger partial charge in [-0.15, -0.1) is 0 Å². The summed E-state index contributed by atoms with van der Waals surface area (Å²) in [5.41, 5.74) is 2.60. The number of imidazole rings is 1. The van der Waals surface area contributed by atoms with Gasteiger partial charge in [-0.2, -0.15) is 10.5 Å². The van der Waals surface area contributed by atoms with Crippen molar-refractivity contribution in [3.8, 4) is 23.5 Å². The van der Waals surface area contributed by atoms with Crippen molar-refractivity contribution in [2.24, 2.45) is 5.92 Å². The predicted octanol–water partition coefficient (Wildman–Crippen LogP) is 6.66. The summed E-state index contributed by atoms with van der Waals surface area (Å²) in [6, 6.07) is 23.6. The fourth-order valence-electron chi connectivity index (χ4n) is 5.76. The first-order chi connectivity index (χ1) is 18.3. The van der Waals surface area contributed by atoms with E-state index in [1.165, 1.54) is 12.1 Å². The lowest BCUT2D eigenvalue weighted by molar-refractivity contribution is -0.0423. The molecular weight excluding hydrogens is 480 g/mol. The van der Waals surface area contributed by atoms with Gasteiger partial charge in [0.2, 0.25) is 0 Å². The van der Waals surface area contributed by atoms with Crippen LogP contribution in [0.15, 0.2) is 79.1 Å². The molecule has 2 heterocycles. The molecule has 3 aromatic carbocycles. The van der Waals surface area contributed by atoms with E-state index in [0.29, 0.717) is 41.2 Å². The topological polar surface area (TPSA) is 79.5 Å². The zero-order valence-corrected chi connectivity index (χ0v) is 21.2. The third-order valence-corrected chi connectivity index (χ3v) is 7.29. The van der Waals surface area contributed by atoms with Crippen molar-refractivity contribution in [1.82, 2.24) is 14.9 Å². The molecule has 0 spiro atoms. The van der Waals surface area contributed by atoms with Gasteiger partial charge in [-0.25, -0.2) is 13.8 Å². The highest BCUT2D eigenvalue weighted by Gasteiger charge is 2.50. The van der Waals surface area contributed by atoms with Crippen LogP contribution in [0.25, 0.3) is 11.4 Å². The number of benzene rings is 3. The van der Waals surface area contributed by atoms with E-state index in [-0.39, 0.29) is 12.0 Å². The number of hydrogen-bond donors (Lipinski definition) is 1. The van der Waals surface area contributed by atoms with Crippen LogP contribution in [-0.2, 0) is 6.54 Å². The van der Waals surface area contributed by atoms with E-state index < -0.39 is 17.4 Å². The van der Waals surface area contributed by atoms with E-state index in [1.807, 2.05) is 36.4 Å². The molecule has 1 aliphatic rings. The van der Waals surface area contributed by atoms with Crippen molar-refractivity contribution in [3.05, 3.63) is 113 Å². The van der Waals surface area contributed by atoms with E-state index in [4.69, 9.17) is 0 Å². The highest BCUT2D eigenvalue weighted by molar-refractivity contribution is 5.57. The summed E-state index contributed by atoms with van der Waals surface area (Å²) in [5.74, 6) is -0.678. The van der Waals surface area contributed by atoms with E-state index >= 15 is 4.39 Å². The van der Waals surface area contributed by atoms with Crippen LogP contribution in [0.3, 0.4) is 0 Å². The molecule has 0 aliphatic carbocycles. The molecule has 1 fully saturated rings. The molecule has 1 saturated heterocycles. The Balaban J connectivity index is 1.55. The number of alkyl halides is 1. The number of likely N-dealkylation sites (tertiary alicyclic amines) is 1. The summed E-state index contributed by atoms with van der Waals surface area (Å²) in [6.45, 7) is 4.26. The van der Waals surface area contributed by atoms with Crippen LogP contribution in [0.1, 0.15) is 53.6 Å². The summed E-state index contributed by atoms with van der Waals surface area (Å²) in [7, 11) is 0. The van der Waals surface area contributed by atoms with Crippen LogP contribution in [0.5, 0.6) is 0 Å². The fraction of sp³-hybridized carbons (Fsp3) is 0.258. The molecule has 0 unspecified atom stereocenters. The van der Waals surface area contributed by atoms with Crippen molar-refractivity contribution < 1.29 is 8.78 Å². The van der Waals surface area contributed by atoms with E-state index in [2.05, 4.69) is 27.0 Å². The van der Waals surface area contributed by atoms with Gasteiger partial charge in [0.25, 0.3) is 0 Å². The Bertz CT molecular complexity index is 1510. The molecule has 0 radical (unpaired) electrons. The minimum atomic E-state index is -1.64. The number of nitriles is 2. The maximum absolute atomic E-state index is 16.0. The lowest BCUT2D eigenvalue weighted by Gasteiger charge is -2.54. The number of nitrogens with zero attached hydrogens (tertiary/aromatic N) is 4. The van der Waals surface area contributed by atoms with Gasteiger partial charge in [0.15, 0.2) is 0 Å². The second-order valence-electron chi connectivity index (χ2n) is 10.3. The second kappa shape index (κ2) is 10.2. The van der Waals surface area contributed by atoms with Crippen molar-refractivity contribution in [3.63, 3.8) is 0 Å². The van der Waals surface area contributed by atoms with Crippen molar-refractivity contribution in [2.75, 3.05) is 6.54 Å². The molecule has 0 saturated carbocycles. The normalized spacial score (nSPS) is 18.3. The molecule has 0 bridgehead atoms. The number of halogens is 2. The Hall–Kier alpha value is -4.33. The van der Waals surface area contributed by atoms with Crippen molar-refractivity contribution >= 4 is 0 Å². The first kappa shape index (κ1) is 25.3. The van der Waals surface area contributed by atoms with E-state index in [1.54, 1.807) is 44.4 Å². The summed E-state index contributed by atoms with van der Waals surface area (Å²) in [6.07, 6.45) is 3.27. The molecule has 1 N–H and O–H groups in total. The van der Waals surface area contributed by atoms with Gasteiger partial charge in [0.05, 0.1) is 23.3 Å². The van der Waals surface area contributed by atoms with E-state index in [9.17, 15) is 14.9 Å². The molecule has 1 aliphatic heterocycles. The molecule has 0 amide bonds. The van der Waals surface area contributed by atoms with Crippen molar-refractivity contribution in [1.29, 1.82) is 10.5 Å². The van der Waals surface area contributed by atoms with E-state index in [0.717, 1.165) is 11.1 Å². The number of H-pyrrole nitrogens is 1. The van der Waals surface area contributed by atoms with Gasteiger partial charge < -0.3 is 4.98 Å². The van der Waals surface area contributed by atoms with Crippen LogP contribution in [0, 0.1) is 34.4 Å². The van der Waals surface area contributed by atoms with Gasteiger partial charge in [-0.1, -0.05) is 24.3 Å². The maximum Gasteiger partial charge on any atom is 0.137 e. The molecule has 4 aromatic rings. The largest absolute Gasteiger partial charge is 0.345 e. The summed E-state index contributed by atoms with van der Waals surface area (Å²) >= 11 is 0. The zero-order valence-electron chi connectivity index (χ0n) is 21.2. The molecule has 1 aromatic heterocycles. The molecule has 5 rings (SSSR count). The first-order valence-corrected chi connectivity index (χ1v) is 12.5. The molecular formula is C31H27F2N5. The fourth-order valence-corrected chi connectivity index (χ4v) is 5.76. The van der Waals surface area contributed by atoms with Crippen LogP contribution in [0.4, 0.5) is 8.78 Å². The Morgan fingerprint density at radius 1 is 1.05 bits per heavy atom. The van der Waals surface area contributed by atoms with Gasteiger partial charge in [-0.05, 0) is 73.0 Å². The minimum Gasteiger partial charge on any atom is -0.345 e. The molecule has 7 heteroatoms. The Kier molecular flexibility index (Phi) is 6.80. The average molecular weight is 508 g/mol. The maximum atomic E-state index is 16.0. The quantitative estimate of drug-likeness (QED) is 0.303. The Labute approximate surface area is 221 Å².